The van der Waals surface area contributed by atoms with Crippen LogP contribution in [0.2, 0.25) is 0 Å². The minimum Gasteiger partial charge on any atom is -0.375 e. The lowest BCUT2D eigenvalue weighted by Gasteiger charge is -2.37. The van der Waals surface area contributed by atoms with E-state index in [4.69, 9.17) is 9.47 Å². The third-order valence-electron chi connectivity index (χ3n) is 5.34. The van der Waals surface area contributed by atoms with E-state index in [2.05, 4.69) is 20.5 Å². The summed E-state index contributed by atoms with van der Waals surface area (Å²) < 4.78 is 11.7. The maximum atomic E-state index is 12.0. The summed E-state index contributed by atoms with van der Waals surface area (Å²) in [4.78, 5) is 18.6. The van der Waals surface area contributed by atoms with Crippen LogP contribution < -0.4 is 10.6 Å². The van der Waals surface area contributed by atoms with Crippen LogP contribution in [-0.4, -0.2) is 74.9 Å². The number of nitrogens with zero attached hydrogens (tertiary/aromatic N) is 2. The fourth-order valence-corrected chi connectivity index (χ4v) is 3.98. The summed E-state index contributed by atoms with van der Waals surface area (Å²) in [6.07, 6.45) is 7.71. The molecule has 2 heterocycles. The van der Waals surface area contributed by atoms with Crippen LogP contribution in [-0.2, 0) is 14.3 Å². The maximum Gasteiger partial charge on any atom is 0.221 e. The Morgan fingerprint density at radius 2 is 1.88 bits per heavy atom. The molecule has 3 fully saturated rings. The van der Waals surface area contributed by atoms with Gasteiger partial charge >= 0.3 is 0 Å². The fraction of sp³-hybridized carbons (Fsp3) is 0.889. The van der Waals surface area contributed by atoms with Gasteiger partial charge in [-0.05, 0) is 25.7 Å². The molecule has 7 nitrogen and oxygen atoms in total. The average molecular weight is 480 g/mol. The van der Waals surface area contributed by atoms with E-state index in [1.165, 1.54) is 12.8 Å². The quantitative estimate of drug-likeness (QED) is 0.355. The number of nitrogens with one attached hydrogen (secondary N) is 2. The molecule has 2 N–H and O–H groups in total. The maximum absolute atomic E-state index is 12.0. The molecule has 0 aromatic rings. The zero-order chi connectivity index (χ0) is 17.5. The summed E-state index contributed by atoms with van der Waals surface area (Å²) in [6.45, 7) is 3.74. The molecule has 1 saturated carbocycles. The van der Waals surface area contributed by atoms with Gasteiger partial charge in [0.25, 0.3) is 0 Å². The van der Waals surface area contributed by atoms with Crippen molar-refractivity contribution in [3.05, 3.63) is 0 Å². The molecular weight excluding hydrogens is 447 g/mol. The highest BCUT2D eigenvalue weighted by Gasteiger charge is 2.32. The molecule has 8 heteroatoms. The number of hydrogen-bond donors (Lipinski definition) is 2. The number of hydrogen-bond acceptors (Lipinski definition) is 4. The van der Waals surface area contributed by atoms with Crippen LogP contribution >= 0.6 is 24.0 Å². The number of rotatable bonds is 5. The second kappa shape index (κ2) is 11.3. The Balaban J connectivity index is 0.00000243. The Kier molecular flexibility index (Phi) is 9.41. The molecule has 0 aromatic heterocycles. The van der Waals surface area contributed by atoms with Crippen molar-refractivity contribution in [3.63, 3.8) is 0 Å². The van der Waals surface area contributed by atoms with E-state index < -0.39 is 0 Å². The van der Waals surface area contributed by atoms with Crippen LogP contribution in [0.3, 0.4) is 0 Å². The van der Waals surface area contributed by atoms with Crippen molar-refractivity contribution in [1.29, 1.82) is 0 Å². The number of aliphatic imine (C=N–C) groups is 1. The number of amides is 1. The van der Waals surface area contributed by atoms with E-state index >= 15 is 0 Å². The molecule has 3 rings (SSSR count). The first-order valence-corrected chi connectivity index (χ1v) is 9.74. The number of morpholine rings is 1. The lowest BCUT2D eigenvalue weighted by Crippen LogP contribution is -2.53. The highest BCUT2D eigenvalue weighted by Crippen LogP contribution is 2.21. The topological polar surface area (TPSA) is 75.2 Å². The third kappa shape index (κ3) is 6.23. The predicted octanol–water partition coefficient (Wildman–Crippen LogP) is 1.51. The van der Waals surface area contributed by atoms with Crippen molar-refractivity contribution >= 4 is 35.8 Å². The Morgan fingerprint density at radius 3 is 2.58 bits per heavy atom. The molecule has 2 atom stereocenters. The monoisotopic (exact) mass is 480 g/mol. The summed E-state index contributed by atoms with van der Waals surface area (Å²) in [5, 5.41) is 6.45. The summed E-state index contributed by atoms with van der Waals surface area (Å²) >= 11 is 0. The Hall–Kier alpha value is -0.610. The van der Waals surface area contributed by atoms with Crippen LogP contribution in [0.4, 0.5) is 0 Å². The number of guanidine groups is 1. The van der Waals surface area contributed by atoms with Gasteiger partial charge in [0.05, 0.1) is 12.7 Å². The van der Waals surface area contributed by atoms with Crippen LogP contribution in [0, 0.1) is 0 Å². The molecule has 3 aliphatic rings. The van der Waals surface area contributed by atoms with E-state index in [0.29, 0.717) is 25.6 Å². The Labute approximate surface area is 173 Å². The zero-order valence-electron chi connectivity index (χ0n) is 15.7. The predicted molar refractivity (Wildman–Crippen MR) is 112 cm³/mol. The average Bonchev–Trinajstić information content (AvgIpc) is 3.32. The molecule has 26 heavy (non-hydrogen) atoms. The molecule has 1 aliphatic carbocycles. The SMILES string of the molecule is CN=C(NCCC(=O)NC1CCCC1)N1CCOC(C2CCCO2)C1.I. The summed E-state index contributed by atoms with van der Waals surface area (Å²) in [7, 11) is 1.79. The number of carbonyl (C=O) groups is 1. The molecule has 150 valence electrons. The van der Waals surface area contributed by atoms with E-state index in [1.807, 2.05) is 0 Å². The molecule has 0 aromatic carbocycles. The van der Waals surface area contributed by atoms with Crippen LogP contribution in [0.1, 0.15) is 44.9 Å². The molecule has 2 unspecified atom stereocenters. The third-order valence-corrected chi connectivity index (χ3v) is 5.34. The molecule has 0 radical (unpaired) electrons. The highest BCUT2D eigenvalue weighted by molar-refractivity contribution is 14.0. The molecule has 0 bridgehead atoms. The Morgan fingerprint density at radius 1 is 1.12 bits per heavy atom. The van der Waals surface area contributed by atoms with Gasteiger partial charge in [0, 0.05) is 45.8 Å². The van der Waals surface area contributed by atoms with E-state index in [0.717, 1.165) is 51.3 Å². The van der Waals surface area contributed by atoms with Crippen molar-refractivity contribution in [3.8, 4) is 0 Å². The standard InChI is InChI=1S/C18H32N4O3.HI/c1-19-18(20-9-8-17(23)21-14-5-2-3-6-14)22-10-12-25-16(13-22)15-7-4-11-24-15;/h14-16H,2-13H2,1H3,(H,19,20)(H,21,23);1H. The normalized spacial score (nSPS) is 27.3. The first kappa shape index (κ1) is 21.7. The second-order valence-corrected chi connectivity index (χ2v) is 7.18. The van der Waals surface area contributed by atoms with Crippen molar-refractivity contribution in [1.82, 2.24) is 15.5 Å². The van der Waals surface area contributed by atoms with Gasteiger partial charge in [0.1, 0.15) is 6.10 Å². The lowest BCUT2D eigenvalue weighted by molar-refractivity contribution is -0.121. The van der Waals surface area contributed by atoms with Crippen LogP contribution in [0.25, 0.3) is 0 Å². The van der Waals surface area contributed by atoms with E-state index in [1.54, 1.807) is 7.05 Å². The van der Waals surface area contributed by atoms with Gasteiger partial charge in [-0.25, -0.2) is 0 Å². The molecule has 2 aliphatic heterocycles. The molecular formula is C18H33IN4O3. The summed E-state index contributed by atoms with van der Waals surface area (Å²) in [5.41, 5.74) is 0. The lowest BCUT2D eigenvalue weighted by atomic mass is 10.1. The Bertz CT molecular complexity index is 465. The largest absolute Gasteiger partial charge is 0.375 e. The molecule has 1 amide bonds. The van der Waals surface area contributed by atoms with Gasteiger partial charge in [0.15, 0.2) is 5.96 Å². The highest BCUT2D eigenvalue weighted by atomic mass is 127. The van der Waals surface area contributed by atoms with Gasteiger partial charge in [0.2, 0.25) is 5.91 Å². The van der Waals surface area contributed by atoms with Crippen molar-refractivity contribution in [2.45, 2.75) is 63.2 Å². The van der Waals surface area contributed by atoms with Crippen molar-refractivity contribution in [2.24, 2.45) is 4.99 Å². The van der Waals surface area contributed by atoms with E-state index in [-0.39, 0.29) is 42.1 Å². The minimum atomic E-state index is 0. The van der Waals surface area contributed by atoms with Crippen molar-refractivity contribution < 1.29 is 14.3 Å². The second-order valence-electron chi connectivity index (χ2n) is 7.18. The van der Waals surface area contributed by atoms with Gasteiger partial charge in [-0.2, -0.15) is 0 Å². The molecule has 2 saturated heterocycles. The van der Waals surface area contributed by atoms with Gasteiger partial charge in [-0.15, -0.1) is 24.0 Å². The number of carbonyl (C=O) groups excluding carboxylic acids is 1. The van der Waals surface area contributed by atoms with Crippen LogP contribution in [0.5, 0.6) is 0 Å². The van der Waals surface area contributed by atoms with Crippen LogP contribution in [0.15, 0.2) is 4.99 Å². The zero-order valence-corrected chi connectivity index (χ0v) is 18.1. The number of halogens is 1. The summed E-state index contributed by atoms with van der Waals surface area (Å²) in [6, 6.07) is 0.387. The summed E-state index contributed by atoms with van der Waals surface area (Å²) in [5.74, 6) is 0.981. The van der Waals surface area contributed by atoms with Crippen molar-refractivity contribution in [2.75, 3.05) is 39.9 Å². The van der Waals surface area contributed by atoms with Gasteiger partial charge < -0.3 is 25.0 Å². The first-order valence-electron chi connectivity index (χ1n) is 9.74. The first-order chi connectivity index (χ1) is 12.3. The fourth-order valence-electron chi connectivity index (χ4n) is 3.98. The van der Waals surface area contributed by atoms with Gasteiger partial charge in [-0.3, -0.25) is 9.79 Å². The minimum absolute atomic E-state index is 0. The smallest absolute Gasteiger partial charge is 0.221 e. The molecule has 0 spiro atoms. The number of ether oxygens (including phenoxy) is 2. The van der Waals surface area contributed by atoms with Gasteiger partial charge in [-0.1, -0.05) is 12.8 Å². The van der Waals surface area contributed by atoms with E-state index in [9.17, 15) is 4.79 Å².